The maximum atomic E-state index is 16.7. The summed E-state index contributed by atoms with van der Waals surface area (Å²) in [4.78, 5) is 22.3. The summed E-state index contributed by atoms with van der Waals surface area (Å²) >= 11 is 0. The molecule has 4 fully saturated rings. The Kier molecular flexibility index (Phi) is 6.32. The molecule has 9 nitrogen and oxygen atoms in total. The van der Waals surface area contributed by atoms with Gasteiger partial charge in [0, 0.05) is 37.6 Å². The third-order valence-corrected chi connectivity index (χ3v) is 9.55. The molecular weight excluding hydrogens is 571 g/mol. The lowest BCUT2D eigenvalue weighted by Gasteiger charge is -2.34. The van der Waals surface area contributed by atoms with Gasteiger partial charge in [-0.3, -0.25) is 9.88 Å². The number of pyridine rings is 2. The molecule has 2 bridgehead atoms. The lowest BCUT2D eigenvalue weighted by atomic mass is 9.95. The Balaban J connectivity index is 1.28. The molecule has 44 heavy (non-hydrogen) atoms. The van der Waals surface area contributed by atoms with Crippen molar-refractivity contribution in [2.75, 3.05) is 43.4 Å². The first-order valence-electron chi connectivity index (χ1n) is 15.0. The fraction of sp³-hybridized carbons (Fsp3) is 0.438. The molecule has 4 aliphatic rings. The number of rotatable bonds is 5. The predicted octanol–water partition coefficient (Wildman–Crippen LogP) is 4.40. The van der Waals surface area contributed by atoms with Crippen molar-refractivity contribution in [2.24, 2.45) is 0 Å². The number of fused-ring (bicyclic) bond motifs is 5. The minimum Gasteiger partial charge on any atom is -0.461 e. The molecule has 0 aliphatic carbocycles. The summed E-state index contributed by atoms with van der Waals surface area (Å²) in [5, 5.41) is 1.12. The van der Waals surface area contributed by atoms with Gasteiger partial charge < -0.3 is 20.1 Å². The van der Waals surface area contributed by atoms with Crippen molar-refractivity contribution in [3.63, 3.8) is 0 Å². The number of anilines is 2. The molecule has 4 aliphatic heterocycles. The average Bonchev–Trinajstić information content (AvgIpc) is 3.66. The number of alkyl halides is 1. The molecule has 0 saturated carbocycles. The lowest BCUT2D eigenvalue weighted by molar-refractivity contribution is 0.0302. The van der Waals surface area contributed by atoms with Crippen LogP contribution >= 0.6 is 0 Å². The van der Waals surface area contributed by atoms with Gasteiger partial charge in [0.05, 0.1) is 28.7 Å². The molecule has 2 unspecified atom stereocenters. The van der Waals surface area contributed by atoms with Crippen molar-refractivity contribution in [3.8, 4) is 29.7 Å². The van der Waals surface area contributed by atoms with Crippen LogP contribution in [0.25, 0.3) is 33.1 Å². The van der Waals surface area contributed by atoms with E-state index in [2.05, 4.69) is 30.7 Å². The fourth-order valence-corrected chi connectivity index (χ4v) is 7.59. The summed E-state index contributed by atoms with van der Waals surface area (Å²) in [6, 6.07) is 4.30. The molecule has 4 aromatic rings. The Bertz CT molecular complexity index is 1850. The van der Waals surface area contributed by atoms with Crippen LogP contribution in [0.5, 0.6) is 6.01 Å². The van der Waals surface area contributed by atoms with Crippen LogP contribution in [-0.4, -0.2) is 81.5 Å². The Morgan fingerprint density at radius 1 is 1.11 bits per heavy atom. The van der Waals surface area contributed by atoms with Crippen LogP contribution < -0.4 is 15.4 Å². The second-order valence-corrected chi connectivity index (χ2v) is 12.3. The van der Waals surface area contributed by atoms with Crippen molar-refractivity contribution in [1.29, 1.82) is 0 Å². The molecule has 226 valence electrons. The maximum Gasteiger partial charge on any atom is 0.319 e. The number of halogens is 3. The molecule has 0 spiro atoms. The van der Waals surface area contributed by atoms with E-state index < -0.39 is 23.3 Å². The van der Waals surface area contributed by atoms with Crippen LogP contribution in [0.15, 0.2) is 24.4 Å². The Morgan fingerprint density at radius 2 is 1.93 bits per heavy atom. The van der Waals surface area contributed by atoms with Gasteiger partial charge in [-0.05, 0) is 49.7 Å². The number of terminal acetylenes is 1. The fourth-order valence-electron chi connectivity index (χ4n) is 7.59. The molecule has 2 N–H and O–H groups in total. The minimum absolute atomic E-state index is 0.00771. The quantitative estimate of drug-likeness (QED) is 0.334. The normalized spacial score (nSPS) is 26.4. The van der Waals surface area contributed by atoms with Gasteiger partial charge >= 0.3 is 6.01 Å². The molecule has 7 heterocycles. The van der Waals surface area contributed by atoms with Crippen LogP contribution in [0.3, 0.4) is 0 Å². The standard InChI is InChI=1S/C32H30F3N7O2/c1-2-21-23(34)7-4-17-10-24(36)38-28(25(17)21)29-26(35)27-22(12-37-29)30(41-14-19-5-6-20(15-41)44-19)40-31(39-27)43-16-32-8-3-9-42(32)13-18(33)11-32/h1,4,7,10,12,18-20H,3,5-6,8-9,11,13-16H2,(H2,36,38)/t18-,19?,20?,32+/m1/s1. The number of hydrogen-bond donors (Lipinski definition) is 1. The molecule has 12 heteroatoms. The summed E-state index contributed by atoms with van der Waals surface area (Å²) in [5.74, 6) is 1.52. The van der Waals surface area contributed by atoms with Gasteiger partial charge in [0.25, 0.3) is 0 Å². The SMILES string of the molecule is C#Cc1c(F)ccc2cc(N)nc(-c3ncc4c(N5CC6CCC(C5)O6)nc(OC[C@@]56CCCN5C[C@H](F)C6)nc4c3F)c12. The van der Waals surface area contributed by atoms with Crippen molar-refractivity contribution >= 4 is 33.3 Å². The highest BCUT2D eigenvalue weighted by Gasteiger charge is 2.49. The second-order valence-electron chi connectivity index (χ2n) is 12.3. The van der Waals surface area contributed by atoms with Gasteiger partial charge in [0.2, 0.25) is 0 Å². The van der Waals surface area contributed by atoms with E-state index in [0.29, 0.717) is 42.6 Å². The van der Waals surface area contributed by atoms with E-state index in [1.807, 2.05) is 0 Å². The third kappa shape index (κ3) is 4.32. The van der Waals surface area contributed by atoms with Gasteiger partial charge in [-0.25, -0.2) is 18.2 Å². The van der Waals surface area contributed by atoms with E-state index >= 15 is 4.39 Å². The first-order valence-corrected chi connectivity index (χ1v) is 15.0. The van der Waals surface area contributed by atoms with E-state index in [9.17, 15) is 8.78 Å². The van der Waals surface area contributed by atoms with Crippen LogP contribution in [0, 0.1) is 24.0 Å². The zero-order chi connectivity index (χ0) is 30.2. The number of nitrogen functional groups attached to an aromatic ring is 1. The zero-order valence-electron chi connectivity index (χ0n) is 23.9. The van der Waals surface area contributed by atoms with Gasteiger partial charge in [0.15, 0.2) is 5.82 Å². The molecule has 0 amide bonds. The molecule has 8 rings (SSSR count). The number of benzene rings is 1. The monoisotopic (exact) mass is 601 g/mol. The van der Waals surface area contributed by atoms with Crippen molar-refractivity contribution < 1.29 is 22.6 Å². The number of morpholine rings is 1. The number of nitrogens with two attached hydrogens (primary N) is 1. The highest BCUT2D eigenvalue weighted by atomic mass is 19.1. The Morgan fingerprint density at radius 3 is 2.73 bits per heavy atom. The number of ether oxygens (including phenoxy) is 2. The van der Waals surface area contributed by atoms with E-state index in [1.165, 1.54) is 18.3 Å². The highest BCUT2D eigenvalue weighted by Crippen LogP contribution is 2.41. The van der Waals surface area contributed by atoms with Gasteiger partial charge in [-0.15, -0.1) is 6.42 Å². The zero-order valence-corrected chi connectivity index (χ0v) is 23.9. The summed E-state index contributed by atoms with van der Waals surface area (Å²) in [6.45, 7) is 2.56. The molecule has 0 radical (unpaired) electrons. The van der Waals surface area contributed by atoms with Crippen molar-refractivity contribution in [3.05, 3.63) is 41.6 Å². The first-order chi connectivity index (χ1) is 21.3. The van der Waals surface area contributed by atoms with Crippen molar-refractivity contribution in [1.82, 2.24) is 24.8 Å². The maximum absolute atomic E-state index is 16.7. The minimum atomic E-state index is -0.916. The van der Waals surface area contributed by atoms with Crippen LogP contribution in [0.2, 0.25) is 0 Å². The molecule has 4 atom stereocenters. The summed E-state index contributed by atoms with van der Waals surface area (Å²) < 4.78 is 58.2. The molecular formula is C32H30F3N7O2. The lowest BCUT2D eigenvalue weighted by Crippen LogP contribution is -2.44. The van der Waals surface area contributed by atoms with Crippen molar-refractivity contribution in [2.45, 2.75) is 56.0 Å². The average molecular weight is 602 g/mol. The molecule has 3 aromatic heterocycles. The number of aromatic nitrogens is 4. The topological polar surface area (TPSA) is 103 Å². The smallest absolute Gasteiger partial charge is 0.319 e. The second kappa shape index (κ2) is 10.2. The van der Waals surface area contributed by atoms with E-state index in [-0.39, 0.29) is 58.5 Å². The van der Waals surface area contributed by atoms with Gasteiger partial charge in [-0.1, -0.05) is 12.0 Å². The van der Waals surface area contributed by atoms with E-state index in [1.54, 1.807) is 6.07 Å². The number of hydrogen-bond acceptors (Lipinski definition) is 9. The first kappa shape index (κ1) is 27.3. The summed E-state index contributed by atoms with van der Waals surface area (Å²) in [7, 11) is 0. The van der Waals surface area contributed by atoms with Crippen LogP contribution in [0.4, 0.5) is 24.8 Å². The van der Waals surface area contributed by atoms with Gasteiger partial charge in [0.1, 0.15) is 47.1 Å². The largest absolute Gasteiger partial charge is 0.461 e. The van der Waals surface area contributed by atoms with Crippen LogP contribution in [0.1, 0.15) is 37.7 Å². The van der Waals surface area contributed by atoms with E-state index in [4.69, 9.17) is 26.6 Å². The summed E-state index contributed by atoms with van der Waals surface area (Å²) in [5.41, 5.74) is 5.40. The predicted molar refractivity (Wildman–Crippen MR) is 159 cm³/mol. The Labute approximate surface area is 251 Å². The summed E-state index contributed by atoms with van der Waals surface area (Å²) in [6.07, 6.45) is 10.4. The highest BCUT2D eigenvalue weighted by molar-refractivity contribution is 6.01. The van der Waals surface area contributed by atoms with Gasteiger partial charge in [-0.2, -0.15) is 9.97 Å². The molecule has 4 saturated heterocycles. The third-order valence-electron chi connectivity index (χ3n) is 9.55. The molecule has 1 aromatic carbocycles. The van der Waals surface area contributed by atoms with E-state index in [0.717, 1.165) is 32.2 Å². The van der Waals surface area contributed by atoms with Crippen LogP contribution in [-0.2, 0) is 4.74 Å². The number of nitrogens with zero attached hydrogens (tertiary/aromatic N) is 6. The Hall–Kier alpha value is -4.21.